The van der Waals surface area contributed by atoms with Crippen LogP contribution < -0.4 is 4.74 Å². The first kappa shape index (κ1) is 12.8. The fourth-order valence-corrected chi connectivity index (χ4v) is 1.61. The zero-order chi connectivity index (χ0) is 13.0. The quantitative estimate of drug-likeness (QED) is 0.863. The first-order valence-electron chi connectivity index (χ1n) is 5.55. The molecule has 0 amide bonds. The SMILES string of the molecule is Cc1c(Cl)ncnc1Oc1ccc(CCO)cc1. The zero-order valence-electron chi connectivity index (χ0n) is 9.93. The average molecular weight is 265 g/mol. The van der Waals surface area contributed by atoms with E-state index in [9.17, 15) is 0 Å². The van der Waals surface area contributed by atoms with Gasteiger partial charge >= 0.3 is 0 Å². The molecule has 2 aromatic rings. The Hall–Kier alpha value is -1.65. The summed E-state index contributed by atoms with van der Waals surface area (Å²) in [7, 11) is 0. The van der Waals surface area contributed by atoms with Gasteiger partial charge in [-0.2, -0.15) is 0 Å². The second-order valence-corrected chi connectivity index (χ2v) is 4.17. The van der Waals surface area contributed by atoms with Crippen molar-refractivity contribution in [1.29, 1.82) is 0 Å². The van der Waals surface area contributed by atoms with Gasteiger partial charge in [0.1, 0.15) is 17.2 Å². The van der Waals surface area contributed by atoms with E-state index in [0.717, 1.165) is 5.56 Å². The first-order valence-corrected chi connectivity index (χ1v) is 5.93. The molecule has 18 heavy (non-hydrogen) atoms. The third-order valence-electron chi connectivity index (χ3n) is 2.51. The molecule has 1 N–H and O–H groups in total. The largest absolute Gasteiger partial charge is 0.439 e. The van der Waals surface area contributed by atoms with Gasteiger partial charge in [-0.05, 0) is 31.0 Å². The smallest absolute Gasteiger partial charge is 0.226 e. The van der Waals surface area contributed by atoms with Crippen molar-refractivity contribution in [3.63, 3.8) is 0 Å². The van der Waals surface area contributed by atoms with Crippen molar-refractivity contribution in [3.8, 4) is 11.6 Å². The van der Waals surface area contributed by atoms with Gasteiger partial charge in [-0.15, -0.1) is 0 Å². The molecule has 0 radical (unpaired) electrons. The van der Waals surface area contributed by atoms with Gasteiger partial charge in [-0.3, -0.25) is 0 Å². The first-order chi connectivity index (χ1) is 8.70. The van der Waals surface area contributed by atoms with Gasteiger partial charge in [-0.25, -0.2) is 9.97 Å². The van der Waals surface area contributed by atoms with Crippen LogP contribution in [-0.2, 0) is 6.42 Å². The Labute approximate surface area is 110 Å². The van der Waals surface area contributed by atoms with Gasteiger partial charge in [-0.1, -0.05) is 23.7 Å². The van der Waals surface area contributed by atoms with Gasteiger partial charge in [0.15, 0.2) is 0 Å². The van der Waals surface area contributed by atoms with E-state index in [-0.39, 0.29) is 6.61 Å². The predicted octanol–water partition coefficient (Wildman–Crippen LogP) is 2.77. The van der Waals surface area contributed by atoms with Gasteiger partial charge < -0.3 is 9.84 Å². The Morgan fingerprint density at radius 3 is 2.61 bits per heavy atom. The van der Waals surface area contributed by atoms with Crippen LogP contribution in [0.4, 0.5) is 0 Å². The molecule has 4 nitrogen and oxygen atoms in total. The van der Waals surface area contributed by atoms with Crippen molar-refractivity contribution in [2.45, 2.75) is 13.3 Å². The van der Waals surface area contributed by atoms with Crippen molar-refractivity contribution in [2.75, 3.05) is 6.61 Å². The lowest BCUT2D eigenvalue weighted by Gasteiger charge is -2.08. The lowest BCUT2D eigenvalue weighted by Crippen LogP contribution is -1.94. The van der Waals surface area contributed by atoms with Gasteiger partial charge in [0, 0.05) is 12.2 Å². The van der Waals surface area contributed by atoms with E-state index < -0.39 is 0 Å². The van der Waals surface area contributed by atoms with Gasteiger partial charge in [0.2, 0.25) is 5.88 Å². The third kappa shape index (κ3) is 2.97. The summed E-state index contributed by atoms with van der Waals surface area (Å²) in [5.41, 5.74) is 1.76. The minimum Gasteiger partial charge on any atom is -0.439 e. The van der Waals surface area contributed by atoms with E-state index in [1.807, 2.05) is 24.3 Å². The molecule has 0 unspecified atom stereocenters. The second-order valence-electron chi connectivity index (χ2n) is 3.81. The Bertz CT molecular complexity index is 529. The number of aliphatic hydroxyl groups excluding tert-OH is 1. The number of nitrogens with zero attached hydrogens (tertiary/aromatic N) is 2. The molecule has 0 spiro atoms. The van der Waals surface area contributed by atoms with Crippen LogP contribution >= 0.6 is 11.6 Å². The molecule has 0 aliphatic heterocycles. The molecule has 2 rings (SSSR count). The monoisotopic (exact) mass is 264 g/mol. The molecular weight excluding hydrogens is 252 g/mol. The summed E-state index contributed by atoms with van der Waals surface area (Å²) in [4.78, 5) is 7.90. The van der Waals surface area contributed by atoms with E-state index in [4.69, 9.17) is 21.4 Å². The molecule has 1 heterocycles. The molecule has 94 valence electrons. The molecule has 0 saturated carbocycles. The molecule has 0 aliphatic carbocycles. The second kappa shape index (κ2) is 5.80. The molecule has 1 aromatic heterocycles. The van der Waals surface area contributed by atoms with Crippen LogP contribution in [0.5, 0.6) is 11.6 Å². The molecule has 0 aliphatic rings. The van der Waals surface area contributed by atoms with Crippen LogP contribution in [-0.4, -0.2) is 21.7 Å². The van der Waals surface area contributed by atoms with E-state index in [1.54, 1.807) is 6.92 Å². The maximum absolute atomic E-state index is 8.83. The van der Waals surface area contributed by atoms with E-state index >= 15 is 0 Å². The number of benzene rings is 1. The van der Waals surface area contributed by atoms with Crippen LogP contribution in [0, 0.1) is 6.92 Å². The lowest BCUT2D eigenvalue weighted by molar-refractivity contribution is 0.299. The minimum atomic E-state index is 0.140. The summed E-state index contributed by atoms with van der Waals surface area (Å²) >= 11 is 5.89. The fraction of sp³-hybridized carbons (Fsp3) is 0.231. The fourth-order valence-electron chi connectivity index (χ4n) is 1.48. The van der Waals surface area contributed by atoms with Crippen LogP contribution in [0.1, 0.15) is 11.1 Å². The number of aliphatic hydroxyl groups is 1. The maximum Gasteiger partial charge on any atom is 0.226 e. The third-order valence-corrected chi connectivity index (χ3v) is 2.90. The van der Waals surface area contributed by atoms with Crippen LogP contribution in [0.2, 0.25) is 5.15 Å². The number of hydrogen-bond acceptors (Lipinski definition) is 4. The molecule has 0 atom stereocenters. The maximum atomic E-state index is 8.83. The van der Waals surface area contributed by atoms with Crippen molar-refractivity contribution < 1.29 is 9.84 Å². The predicted molar refractivity (Wildman–Crippen MR) is 69.1 cm³/mol. The Kier molecular flexibility index (Phi) is 4.12. The number of hydrogen-bond donors (Lipinski definition) is 1. The highest BCUT2D eigenvalue weighted by Crippen LogP contribution is 2.25. The summed E-state index contributed by atoms with van der Waals surface area (Å²) < 4.78 is 5.63. The Morgan fingerprint density at radius 1 is 1.22 bits per heavy atom. The molecule has 0 fully saturated rings. The number of rotatable bonds is 4. The van der Waals surface area contributed by atoms with Crippen molar-refractivity contribution in [3.05, 3.63) is 46.9 Å². The minimum absolute atomic E-state index is 0.140. The zero-order valence-corrected chi connectivity index (χ0v) is 10.7. The molecule has 1 aromatic carbocycles. The Morgan fingerprint density at radius 2 is 1.94 bits per heavy atom. The van der Waals surface area contributed by atoms with Crippen LogP contribution in [0.15, 0.2) is 30.6 Å². The number of halogens is 1. The highest BCUT2D eigenvalue weighted by molar-refractivity contribution is 6.30. The summed E-state index contributed by atoms with van der Waals surface area (Å²) in [5.74, 6) is 1.12. The highest BCUT2D eigenvalue weighted by Gasteiger charge is 2.07. The summed E-state index contributed by atoms with van der Waals surface area (Å²) in [5, 5.41) is 9.21. The molecular formula is C13H13ClN2O2. The molecule has 0 saturated heterocycles. The number of aromatic nitrogens is 2. The lowest BCUT2D eigenvalue weighted by atomic mass is 10.1. The number of ether oxygens (including phenoxy) is 1. The van der Waals surface area contributed by atoms with E-state index in [0.29, 0.717) is 28.8 Å². The topological polar surface area (TPSA) is 55.2 Å². The summed E-state index contributed by atoms with van der Waals surface area (Å²) in [6, 6.07) is 7.48. The van der Waals surface area contributed by atoms with Crippen LogP contribution in [0.3, 0.4) is 0 Å². The standard InChI is InChI=1S/C13H13ClN2O2/c1-9-12(14)15-8-16-13(9)18-11-4-2-10(3-5-11)6-7-17/h2-5,8,17H,6-7H2,1H3. The van der Waals surface area contributed by atoms with Crippen molar-refractivity contribution in [2.24, 2.45) is 0 Å². The average Bonchev–Trinajstić information content (AvgIpc) is 2.38. The summed E-state index contributed by atoms with van der Waals surface area (Å²) in [6.45, 7) is 1.94. The molecule has 0 bridgehead atoms. The van der Waals surface area contributed by atoms with E-state index in [2.05, 4.69) is 9.97 Å². The van der Waals surface area contributed by atoms with Crippen molar-refractivity contribution >= 4 is 11.6 Å². The summed E-state index contributed by atoms with van der Waals surface area (Å²) in [6.07, 6.45) is 2.00. The Balaban J connectivity index is 2.16. The van der Waals surface area contributed by atoms with Crippen molar-refractivity contribution in [1.82, 2.24) is 9.97 Å². The van der Waals surface area contributed by atoms with E-state index in [1.165, 1.54) is 6.33 Å². The molecule has 5 heteroatoms. The van der Waals surface area contributed by atoms with Gasteiger partial charge in [0.05, 0.1) is 0 Å². The normalized spacial score (nSPS) is 10.4. The van der Waals surface area contributed by atoms with Crippen LogP contribution in [0.25, 0.3) is 0 Å². The highest BCUT2D eigenvalue weighted by atomic mass is 35.5. The van der Waals surface area contributed by atoms with Gasteiger partial charge in [0.25, 0.3) is 0 Å².